The predicted molar refractivity (Wildman–Crippen MR) is 119 cm³/mol. The second kappa shape index (κ2) is 12.5. The largest absolute Gasteiger partial charge is 0.494 e. The lowest BCUT2D eigenvalue weighted by atomic mass is 10.1. The van der Waals surface area contributed by atoms with Gasteiger partial charge in [0.2, 0.25) is 0 Å². The van der Waals surface area contributed by atoms with Crippen LogP contribution in [-0.2, 0) is 6.42 Å². The Bertz CT molecular complexity index is 834. The number of hydrogen-bond donors (Lipinski definition) is 1. The van der Waals surface area contributed by atoms with Gasteiger partial charge in [-0.3, -0.25) is 10.1 Å². The number of thiocarbonyl (C=S) groups is 1. The first-order chi connectivity index (χ1) is 14.1. The van der Waals surface area contributed by atoms with Gasteiger partial charge in [-0.1, -0.05) is 49.7 Å². The van der Waals surface area contributed by atoms with Gasteiger partial charge < -0.3 is 9.64 Å². The molecular formula is C23H27N3O2S. The molecule has 0 atom stereocenters. The van der Waals surface area contributed by atoms with Crippen LogP contribution in [0.5, 0.6) is 5.75 Å². The molecular weight excluding hydrogens is 382 g/mol. The van der Waals surface area contributed by atoms with Crippen molar-refractivity contribution in [3.05, 3.63) is 65.7 Å². The van der Waals surface area contributed by atoms with E-state index >= 15 is 0 Å². The number of amides is 1. The fraction of sp³-hybridized carbons (Fsp3) is 0.348. The van der Waals surface area contributed by atoms with E-state index in [1.165, 1.54) is 5.56 Å². The molecule has 0 spiro atoms. The zero-order valence-electron chi connectivity index (χ0n) is 16.8. The number of nitriles is 1. The van der Waals surface area contributed by atoms with Crippen LogP contribution < -0.4 is 10.1 Å². The van der Waals surface area contributed by atoms with Crippen molar-refractivity contribution in [2.45, 2.75) is 32.6 Å². The minimum Gasteiger partial charge on any atom is -0.494 e. The molecule has 0 saturated heterocycles. The summed E-state index contributed by atoms with van der Waals surface area (Å²) in [5.41, 5.74) is 1.67. The SMILES string of the molecule is CCCCOc1cccc(C(=O)NC(=S)N(CCC#N)CCc2ccccc2)c1. The average Bonchev–Trinajstić information content (AvgIpc) is 2.75. The molecule has 6 heteroatoms. The molecule has 0 fully saturated rings. The number of rotatable bonds is 10. The van der Waals surface area contributed by atoms with Crippen molar-refractivity contribution in [3.8, 4) is 11.8 Å². The standard InChI is InChI=1S/C23H27N3O2S/c1-2-3-17-28-21-12-7-11-20(18-21)22(27)25-23(29)26(15-8-14-24)16-13-19-9-5-4-6-10-19/h4-7,9-12,18H,2-3,8,13,15-17H2,1H3,(H,25,27,29). The molecule has 0 aliphatic carbocycles. The highest BCUT2D eigenvalue weighted by Gasteiger charge is 2.14. The van der Waals surface area contributed by atoms with Crippen LogP contribution in [0.1, 0.15) is 42.1 Å². The van der Waals surface area contributed by atoms with Crippen molar-refractivity contribution in [1.29, 1.82) is 5.26 Å². The molecule has 0 aromatic heterocycles. The summed E-state index contributed by atoms with van der Waals surface area (Å²) in [4.78, 5) is 14.5. The van der Waals surface area contributed by atoms with Crippen LogP contribution in [0.4, 0.5) is 0 Å². The molecule has 29 heavy (non-hydrogen) atoms. The first-order valence-electron chi connectivity index (χ1n) is 9.88. The molecule has 0 unspecified atom stereocenters. The lowest BCUT2D eigenvalue weighted by Crippen LogP contribution is -2.44. The number of nitrogens with zero attached hydrogens (tertiary/aromatic N) is 2. The molecule has 2 rings (SSSR count). The van der Waals surface area contributed by atoms with Gasteiger partial charge in [0.1, 0.15) is 5.75 Å². The first-order valence-corrected chi connectivity index (χ1v) is 10.3. The van der Waals surface area contributed by atoms with Crippen LogP contribution in [-0.4, -0.2) is 35.6 Å². The zero-order valence-corrected chi connectivity index (χ0v) is 17.6. The van der Waals surface area contributed by atoms with E-state index in [2.05, 4.69) is 18.3 Å². The molecule has 0 aliphatic rings. The van der Waals surface area contributed by atoms with Crippen molar-refractivity contribution < 1.29 is 9.53 Å². The van der Waals surface area contributed by atoms with Gasteiger partial charge in [-0.05, 0) is 48.8 Å². The van der Waals surface area contributed by atoms with Crippen LogP contribution in [0.2, 0.25) is 0 Å². The third-order valence-corrected chi connectivity index (χ3v) is 4.74. The number of ether oxygens (including phenoxy) is 1. The number of benzene rings is 2. The second-order valence-electron chi connectivity index (χ2n) is 6.62. The summed E-state index contributed by atoms with van der Waals surface area (Å²) in [6.07, 6.45) is 3.14. The molecule has 1 amide bonds. The van der Waals surface area contributed by atoms with Crippen LogP contribution in [0.15, 0.2) is 54.6 Å². The molecule has 0 aliphatic heterocycles. The molecule has 152 valence electrons. The van der Waals surface area contributed by atoms with Crippen molar-refractivity contribution in [2.24, 2.45) is 0 Å². The van der Waals surface area contributed by atoms with Crippen LogP contribution >= 0.6 is 12.2 Å². The zero-order chi connectivity index (χ0) is 20.9. The monoisotopic (exact) mass is 409 g/mol. The molecule has 0 bridgehead atoms. The first kappa shape index (κ1) is 22.4. The van der Waals surface area contributed by atoms with Crippen LogP contribution in [0.3, 0.4) is 0 Å². The Morgan fingerprint density at radius 1 is 1.17 bits per heavy atom. The van der Waals surface area contributed by atoms with E-state index in [1.54, 1.807) is 18.2 Å². The molecule has 2 aromatic rings. The van der Waals surface area contributed by atoms with Crippen LogP contribution in [0.25, 0.3) is 0 Å². The maximum Gasteiger partial charge on any atom is 0.257 e. The van der Waals surface area contributed by atoms with E-state index < -0.39 is 0 Å². The maximum atomic E-state index is 12.6. The topological polar surface area (TPSA) is 65.4 Å². The molecule has 5 nitrogen and oxygen atoms in total. The summed E-state index contributed by atoms with van der Waals surface area (Å²) in [5, 5.41) is 12.1. The number of carbonyl (C=O) groups is 1. The molecule has 0 saturated carbocycles. The Morgan fingerprint density at radius 3 is 2.69 bits per heavy atom. The fourth-order valence-electron chi connectivity index (χ4n) is 2.72. The predicted octanol–water partition coefficient (Wildman–Crippen LogP) is 4.34. The van der Waals surface area contributed by atoms with E-state index in [9.17, 15) is 4.79 Å². The van der Waals surface area contributed by atoms with E-state index in [0.717, 1.165) is 19.3 Å². The van der Waals surface area contributed by atoms with E-state index in [0.29, 0.717) is 42.5 Å². The van der Waals surface area contributed by atoms with Crippen molar-refractivity contribution in [1.82, 2.24) is 10.2 Å². The van der Waals surface area contributed by atoms with E-state index in [1.807, 2.05) is 41.3 Å². The van der Waals surface area contributed by atoms with Crippen molar-refractivity contribution in [2.75, 3.05) is 19.7 Å². The quantitative estimate of drug-likeness (QED) is 0.467. The van der Waals surface area contributed by atoms with Crippen molar-refractivity contribution >= 4 is 23.2 Å². The minimum absolute atomic E-state index is 0.280. The Balaban J connectivity index is 1.97. The smallest absolute Gasteiger partial charge is 0.257 e. The Hall–Kier alpha value is -2.91. The second-order valence-corrected chi connectivity index (χ2v) is 7.01. The van der Waals surface area contributed by atoms with Gasteiger partial charge in [-0.25, -0.2) is 0 Å². The Labute approximate surface area is 178 Å². The normalized spacial score (nSPS) is 10.1. The summed E-state index contributed by atoms with van der Waals surface area (Å²) in [5.74, 6) is 0.389. The Kier molecular flexibility index (Phi) is 9.67. The minimum atomic E-state index is -0.280. The lowest BCUT2D eigenvalue weighted by Gasteiger charge is -2.24. The van der Waals surface area contributed by atoms with Gasteiger partial charge in [-0.2, -0.15) is 5.26 Å². The van der Waals surface area contributed by atoms with Gasteiger partial charge in [0.05, 0.1) is 19.1 Å². The van der Waals surface area contributed by atoms with Crippen LogP contribution in [0, 0.1) is 11.3 Å². The summed E-state index contributed by atoms with van der Waals surface area (Å²) in [6.45, 7) is 3.83. The molecule has 2 aromatic carbocycles. The van der Waals surface area contributed by atoms with Gasteiger partial charge in [0.15, 0.2) is 5.11 Å². The molecule has 0 radical (unpaired) electrons. The number of unbranched alkanes of at least 4 members (excludes halogenated alkanes) is 1. The molecule has 1 N–H and O–H groups in total. The van der Waals surface area contributed by atoms with Gasteiger partial charge >= 0.3 is 0 Å². The third kappa shape index (κ3) is 7.92. The summed E-state index contributed by atoms with van der Waals surface area (Å²) in [6, 6.07) is 19.3. The van der Waals surface area contributed by atoms with Gasteiger partial charge in [0, 0.05) is 18.7 Å². The Morgan fingerprint density at radius 2 is 1.97 bits per heavy atom. The third-order valence-electron chi connectivity index (χ3n) is 4.38. The fourth-order valence-corrected chi connectivity index (χ4v) is 2.99. The highest BCUT2D eigenvalue weighted by atomic mass is 32.1. The average molecular weight is 410 g/mol. The van der Waals surface area contributed by atoms with Crippen molar-refractivity contribution in [3.63, 3.8) is 0 Å². The number of carbonyl (C=O) groups excluding carboxylic acids is 1. The maximum absolute atomic E-state index is 12.6. The summed E-state index contributed by atoms with van der Waals surface area (Å²) in [7, 11) is 0. The highest BCUT2D eigenvalue weighted by Crippen LogP contribution is 2.14. The number of nitrogens with one attached hydrogen (secondary N) is 1. The van der Waals surface area contributed by atoms with Gasteiger partial charge in [-0.15, -0.1) is 0 Å². The number of hydrogen-bond acceptors (Lipinski definition) is 4. The summed E-state index contributed by atoms with van der Waals surface area (Å²) < 4.78 is 5.67. The van der Waals surface area contributed by atoms with Gasteiger partial charge in [0.25, 0.3) is 5.91 Å². The lowest BCUT2D eigenvalue weighted by molar-refractivity contribution is 0.0973. The highest BCUT2D eigenvalue weighted by molar-refractivity contribution is 7.80. The van der Waals surface area contributed by atoms with E-state index in [-0.39, 0.29) is 5.91 Å². The summed E-state index contributed by atoms with van der Waals surface area (Å²) >= 11 is 5.45. The van der Waals surface area contributed by atoms with E-state index in [4.69, 9.17) is 22.2 Å². The molecule has 0 heterocycles.